The minimum Gasteiger partial charge on any atom is -0.101 e. The summed E-state index contributed by atoms with van der Waals surface area (Å²) >= 11 is 5.66. The smallest absolute Gasteiger partial charge is 0.0497 e. The number of halogens is 1. The Bertz CT molecular complexity index is 278. The van der Waals surface area contributed by atoms with Gasteiger partial charge in [-0.2, -0.15) is 0 Å². The second-order valence-electron chi connectivity index (χ2n) is 1.80. The van der Waals surface area contributed by atoms with Crippen LogP contribution in [0.2, 0.25) is 5.02 Å². The lowest BCUT2D eigenvalue weighted by molar-refractivity contribution is 1.63. The van der Waals surface area contributed by atoms with Crippen LogP contribution in [0.3, 0.4) is 0 Å². The first-order valence-electron chi connectivity index (χ1n) is 2.93. The topological polar surface area (TPSA) is 0 Å². The van der Waals surface area contributed by atoms with Crippen LogP contribution in [0.15, 0.2) is 18.2 Å². The van der Waals surface area contributed by atoms with Gasteiger partial charge in [-0.25, -0.2) is 0 Å². The number of hydrogen-bond donors (Lipinski definition) is 0. The Labute approximate surface area is 65.8 Å². The summed E-state index contributed by atoms with van der Waals surface area (Å²) in [7, 11) is 0. The van der Waals surface area contributed by atoms with Gasteiger partial charge in [-0.15, -0.1) is 5.92 Å². The molecular weight excluding hydrogens is 144 g/mol. The molecule has 0 amide bonds. The number of hydrogen-bond acceptors (Lipinski definition) is 0. The Morgan fingerprint density at radius 2 is 2.40 bits per heavy atom. The molecule has 1 rings (SSSR count). The van der Waals surface area contributed by atoms with Gasteiger partial charge < -0.3 is 0 Å². The highest BCUT2D eigenvalue weighted by atomic mass is 35.5. The standard InChI is InChI=1S/C9H6Cl/c1-2-4-8-5-3-6-9(10)7-8/h3,5,7H,1H3. The van der Waals surface area contributed by atoms with Crippen molar-refractivity contribution in [3.63, 3.8) is 0 Å². The zero-order valence-corrected chi connectivity index (χ0v) is 6.37. The third-order valence-corrected chi connectivity index (χ3v) is 1.25. The molecule has 0 unspecified atom stereocenters. The predicted octanol–water partition coefficient (Wildman–Crippen LogP) is 2.51. The maximum atomic E-state index is 5.66. The SMILES string of the molecule is CC#Cc1cc[c]c(Cl)c1. The van der Waals surface area contributed by atoms with Gasteiger partial charge in [-0.1, -0.05) is 23.6 Å². The van der Waals surface area contributed by atoms with Gasteiger partial charge >= 0.3 is 0 Å². The van der Waals surface area contributed by atoms with E-state index in [-0.39, 0.29) is 0 Å². The van der Waals surface area contributed by atoms with Crippen molar-refractivity contribution in [1.29, 1.82) is 0 Å². The molecule has 0 aromatic heterocycles. The van der Waals surface area contributed by atoms with Crippen LogP contribution in [0.1, 0.15) is 12.5 Å². The van der Waals surface area contributed by atoms with Crippen LogP contribution in [0.5, 0.6) is 0 Å². The molecule has 1 aromatic rings. The molecule has 0 heterocycles. The first-order valence-corrected chi connectivity index (χ1v) is 3.30. The maximum absolute atomic E-state index is 5.66. The lowest BCUT2D eigenvalue weighted by Gasteiger charge is -1.88. The third-order valence-electron chi connectivity index (χ3n) is 1.04. The molecule has 1 aromatic carbocycles. The number of benzene rings is 1. The van der Waals surface area contributed by atoms with E-state index in [1.54, 1.807) is 19.1 Å². The second-order valence-corrected chi connectivity index (χ2v) is 2.21. The second kappa shape index (κ2) is 3.29. The average molecular weight is 150 g/mol. The molecule has 0 atom stereocenters. The molecule has 1 radical (unpaired) electrons. The normalized spacial score (nSPS) is 8.20. The number of rotatable bonds is 0. The minimum absolute atomic E-state index is 0.611. The zero-order valence-electron chi connectivity index (χ0n) is 5.61. The van der Waals surface area contributed by atoms with E-state index in [4.69, 9.17) is 11.6 Å². The minimum atomic E-state index is 0.611. The van der Waals surface area contributed by atoms with Crippen LogP contribution in [0.4, 0.5) is 0 Å². The molecule has 0 fully saturated rings. The Balaban J connectivity index is 3.03. The Kier molecular flexibility index (Phi) is 2.36. The highest BCUT2D eigenvalue weighted by Gasteiger charge is 1.87. The van der Waals surface area contributed by atoms with Crippen molar-refractivity contribution >= 4 is 11.6 Å². The summed E-state index contributed by atoms with van der Waals surface area (Å²) in [6, 6.07) is 8.26. The van der Waals surface area contributed by atoms with Gasteiger partial charge in [-0.05, 0) is 19.1 Å². The summed E-state index contributed by atoms with van der Waals surface area (Å²) in [6.45, 7) is 1.80. The van der Waals surface area contributed by atoms with E-state index < -0.39 is 0 Å². The lowest BCUT2D eigenvalue weighted by atomic mass is 10.2. The molecule has 0 saturated heterocycles. The van der Waals surface area contributed by atoms with Crippen LogP contribution >= 0.6 is 11.6 Å². The van der Waals surface area contributed by atoms with Gasteiger partial charge in [-0.3, -0.25) is 0 Å². The maximum Gasteiger partial charge on any atom is 0.0497 e. The van der Waals surface area contributed by atoms with Crippen molar-refractivity contribution < 1.29 is 0 Å². The highest BCUT2D eigenvalue weighted by molar-refractivity contribution is 6.30. The van der Waals surface area contributed by atoms with E-state index in [9.17, 15) is 0 Å². The summed E-state index contributed by atoms with van der Waals surface area (Å²) in [5.41, 5.74) is 0.936. The zero-order chi connectivity index (χ0) is 7.40. The molecule has 0 aliphatic heterocycles. The molecule has 1 heteroatoms. The Morgan fingerprint density at radius 3 is 3.00 bits per heavy atom. The summed E-state index contributed by atoms with van der Waals surface area (Å²) in [4.78, 5) is 0. The Morgan fingerprint density at radius 1 is 1.60 bits per heavy atom. The van der Waals surface area contributed by atoms with Crippen LogP contribution < -0.4 is 0 Å². The fourth-order valence-corrected chi connectivity index (χ4v) is 0.840. The molecule has 10 heavy (non-hydrogen) atoms. The molecular formula is C9H6Cl. The van der Waals surface area contributed by atoms with Crippen molar-refractivity contribution in [3.8, 4) is 11.8 Å². The molecule has 49 valence electrons. The van der Waals surface area contributed by atoms with Crippen LogP contribution in [0, 0.1) is 17.9 Å². The van der Waals surface area contributed by atoms with E-state index in [1.165, 1.54) is 0 Å². The average Bonchev–Trinajstić information content (AvgIpc) is 1.88. The van der Waals surface area contributed by atoms with Gasteiger partial charge in [0.05, 0.1) is 0 Å². The van der Waals surface area contributed by atoms with Crippen molar-refractivity contribution in [1.82, 2.24) is 0 Å². The van der Waals surface area contributed by atoms with Crippen molar-refractivity contribution in [2.75, 3.05) is 0 Å². The molecule has 0 spiro atoms. The van der Waals surface area contributed by atoms with Crippen molar-refractivity contribution in [2.24, 2.45) is 0 Å². The third kappa shape index (κ3) is 1.79. The summed E-state index contributed by atoms with van der Waals surface area (Å²) in [5, 5.41) is 0.611. The summed E-state index contributed by atoms with van der Waals surface area (Å²) in [5.74, 6) is 5.68. The molecule has 0 aliphatic rings. The van der Waals surface area contributed by atoms with E-state index in [0.717, 1.165) is 5.56 Å². The van der Waals surface area contributed by atoms with Gasteiger partial charge in [0.1, 0.15) is 0 Å². The van der Waals surface area contributed by atoms with Gasteiger partial charge in [0.25, 0.3) is 0 Å². The molecule has 0 saturated carbocycles. The lowest BCUT2D eigenvalue weighted by Crippen LogP contribution is -1.71. The molecule has 0 aliphatic carbocycles. The monoisotopic (exact) mass is 149 g/mol. The van der Waals surface area contributed by atoms with E-state index in [1.807, 2.05) is 6.07 Å². The van der Waals surface area contributed by atoms with Gasteiger partial charge in [0.15, 0.2) is 0 Å². The van der Waals surface area contributed by atoms with Gasteiger partial charge in [0.2, 0.25) is 0 Å². The van der Waals surface area contributed by atoms with Crippen molar-refractivity contribution in [2.45, 2.75) is 6.92 Å². The van der Waals surface area contributed by atoms with Crippen LogP contribution in [0.25, 0.3) is 0 Å². The largest absolute Gasteiger partial charge is 0.101 e. The predicted molar refractivity (Wildman–Crippen MR) is 42.8 cm³/mol. The fraction of sp³-hybridized carbons (Fsp3) is 0.111. The summed E-state index contributed by atoms with van der Waals surface area (Å²) in [6.07, 6.45) is 0. The van der Waals surface area contributed by atoms with E-state index >= 15 is 0 Å². The first-order chi connectivity index (χ1) is 4.83. The van der Waals surface area contributed by atoms with E-state index in [2.05, 4.69) is 17.9 Å². The van der Waals surface area contributed by atoms with E-state index in [0.29, 0.717) is 5.02 Å². The van der Waals surface area contributed by atoms with Gasteiger partial charge in [0, 0.05) is 16.7 Å². The highest BCUT2D eigenvalue weighted by Crippen LogP contribution is 2.08. The fourth-order valence-electron chi connectivity index (χ4n) is 0.659. The summed E-state index contributed by atoms with van der Waals surface area (Å²) < 4.78 is 0. The first kappa shape index (κ1) is 7.18. The Hall–Kier alpha value is -0.930. The quantitative estimate of drug-likeness (QED) is 0.498. The van der Waals surface area contributed by atoms with Crippen LogP contribution in [-0.2, 0) is 0 Å². The molecule has 0 nitrogen and oxygen atoms in total. The van der Waals surface area contributed by atoms with Crippen LogP contribution in [-0.4, -0.2) is 0 Å². The molecule has 0 bridgehead atoms. The van der Waals surface area contributed by atoms with Crippen molar-refractivity contribution in [3.05, 3.63) is 34.9 Å². The molecule has 0 N–H and O–H groups in total.